The van der Waals surface area contributed by atoms with Crippen LogP contribution in [0.15, 0.2) is 66.7 Å². The van der Waals surface area contributed by atoms with Crippen molar-refractivity contribution in [3.63, 3.8) is 0 Å². The van der Waals surface area contributed by atoms with Gasteiger partial charge in [0, 0.05) is 13.0 Å². The van der Waals surface area contributed by atoms with Gasteiger partial charge in [0.25, 0.3) is 0 Å². The molecule has 0 fully saturated rings. The van der Waals surface area contributed by atoms with Crippen LogP contribution in [0.2, 0.25) is 0 Å². The van der Waals surface area contributed by atoms with Crippen molar-refractivity contribution in [3.05, 3.63) is 83.4 Å². The summed E-state index contributed by atoms with van der Waals surface area (Å²) in [6, 6.07) is 17.2. The fourth-order valence-corrected chi connectivity index (χ4v) is 5.61. The number of benzene rings is 2. The molecule has 4 atom stereocenters. The van der Waals surface area contributed by atoms with Crippen molar-refractivity contribution < 1.29 is 24.2 Å². The fraction of sp³-hybridized carbons (Fsp3) is 0.500. The molecule has 41 heavy (non-hydrogen) atoms. The summed E-state index contributed by atoms with van der Waals surface area (Å²) in [6.07, 6.45) is 6.93. The summed E-state index contributed by atoms with van der Waals surface area (Å²) in [5.74, 6) is -1.47. The highest BCUT2D eigenvalue weighted by atomic mass is 16.5. The van der Waals surface area contributed by atoms with Gasteiger partial charge >= 0.3 is 5.97 Å². The first-order chi connectivity index (χ1) is 19.7. The maximum atomic E-state index is 13.6. The van der Waals surface area contributed by atoms with Crippen LogP contribution < -0.4 is 5.32 Å². The Kier molecular flexibility index (Phi) is 10.4. The van der Waals surface area contributed by atoms with E-state index in [2.05, 4.69) is 5.32 Å². The number of esters is 1. The van der Waals surface area contributed by atoms with Gasteiger partial charge in [-0.25, -0.2) is 0 Å². The molecule has 0 saturated heterocycles. The van der Waals surface area contributed by atoms with E-state index in [1.54, 1.807) is 4.90 Å². The Morgan fingerprint density at radius 2 is 1.71 bits per heavy atom. The van der Waals surface area contributed by atoms with Crippen LogP contribution in [0.25, 0.3) is 0 Å². The molecule has 7 nitrogen and oxygen atoms in total. The summed E-state index contributed by atoms with van der Waals surface area (Å²) in [7, 11) is 0. The van der Waals surface area contributed by atoms with E-state index in [1.165, 1.54) is 0 Å². The number of hydrogen-bond acceptors (Lipinski definition) is 5. The number of ether oxygens (including phenoxy) is 1. The van der Waals surface area contributed by atoms with Crippen molar-refractivity contribution >= 4 is 17.8 Å². The van der Waals surface area contributed by atoms with Crippen LogP contribution in [0.3, 0.4) is 0 Å². The number of nitrogens with one attached hydrogen (secondary N) is 1. The molecule has 2 heterocycles. The molecular weight excluding hydrogens is 516 g/mol. The van der Waals surface area contributed by atoms with Gasteiger partial charge in [-0.15, -0.1) is 0 Å². The number of carbonyl (C=O) groups excluding carboxylic acids is 3. The minimum absolute atomic E-state index is 0.0438. The second kappa shape index (κ2) is 13.9. The minimum Gasteiger partial charge on any atom is -0.463 e. The normalized spacial score (nSPS) is 24.2. The van der Waals surface area contributed by atoms with E-state index in [0.717, 1.165) is 16.7 Å². The smallest absolute Gasteiger partial charge is 0.309 e. The molecule has 0 saturated carbocycles. The second-order valence-electron chi connectivity index (χ2n) is 12.5. The van der Waals surface area contributed by atoms with Gasteiger partial charge in [-0.05, 0) is 54.2 Å². The highest BCUT2D eigenvalue weighted by Gasteiger charge is 2.35. The number of aliphatic hydroxyl groups is 1. The van der Waals surface area contributed by atoms with Crippen molar-refractivity contribution in [2.45, 2.75) is 77.9 Å². The van der Waals surface area contributed by atoms with Crippen molar-refractivity contribution in [2.24, 2.45) is 17.3 Å². The molecule has 4 rings (SSSR count). The third kappa shape index (κ3) is 8.29. The Morgan fingerprint density at radius 1 is 1.00 bits per heavy atom. The Labute approximate surface area is 244 Å². The number of nitrogens with zero attached hydrogens (tertiary/aromatic N) is 1. The van der Waals surface area contributed by atoms with Crippen LogP contribution in [0, 0.1) is 17.3 Å². The third-order valence-electron chi connectivity index (χ3n) is 8.36. The Balaban J connectivity index is 1.51. The van der Waals surface area contributed by atoms with Crippen molar-refractivity contribution in [1.29, 1.82) is 0 Å². The van der Waals surface area contributed by atoms with Crippen LogP contribution in [-0.2, 0) is 38.5 Å². The summed E-state index contributed by atoms with van der Waals surface area (Å²) in [5, 5.41) is 13.2. The maximum absolute atomic E-state index is 13.6. The predicted octanol–water partition coefficient (Wildman–Crippen LogP) is 4.61. The van der Waals surface area contributed by atoms with E-state index >= 15 is 0 Å². The highest BCUT2D eigenvalue weighted by Crippen LogP contribution is 2.27. The lowest BCUT2D eigenvalue weighted by Crippen LogP contribution is -2.51. The fourth-order valence-electron chi connectivity index (χ4n) is 5.61. The van der Waals surface area contributed by atoms with Gasteiger partial charge in [0.05, 0.1) is 30.5 Å². The zero-order valence-electron chi connectivity index (χ0n) is 24.6. The number of carbonyl (C=O) groups is 3. The summed E-state index contributed by atoms with van der Waals surface area (Å²) < 4.78 is 5.82. The van der Waals surface area contributed by atoms with E-state index in [9.17, 15) is 19.5 Å². The lowest BCUT2D eigenvalue weighted by atomic mass is 9.86. The predicted molar refractivity (Wildman–Crippen MR) is 159 cm³/mol. The summed E-state index contributed by atoms with van der Waals surface area (Å²) in [4.78, 5) is 42.1. The topological polar surface area (TPSA) is 95.9 Å². The van der Waals surface area contributed by atoms with Crippen LogP contribution >= 0.6 is 0 Å². The summed E-state index contributed by atoms with van der Waals surface area (Å²) >= 11 is 0. The molecule has 2 N–H and O–H groups in total. The lowest BCUT2D eigenvalue weighted by Gasteiger charge is -2.37. The molecule has 2 aromatic rings. The van der Waals surface area contributed by atoms with Gasteiger partial charge in [0.15, 0.2) is 0 Å². The molecule has 4 unspecified atom stereocenters. The Bertz CT molecular complexity index is 1220. The number of rotatable bonds is 5. The van der Waals surface area contributed by atoms with Gasteiger partial charge < -0.3 is 20.1 Å². The van der Waals surface area contributed by atoms with E-state index in [0.29, 0.717) is 38.6 Å². The SMILES string of the molecule is CC(C)(C)C1COC(=O)C(Cc2ccccc2)CCC=CCC(CC(=O)N2Cc3ccccc3CC2CO)C(=O)N1. The molecule has 0 bridgehead atoms. The molecule has 2 aliphatic rings. The van der Waals surface area contributed by atoms with E-state index in [1.807, 2.05) is 87.5 Å². The average molecular weight is 561 g/mol. The first-order valence-corrected chi connectivity index (χ1v) is 14.8. The minimum atomic E-state index is -0.573. The Morgan fingerprint density at radius 3 is 2.41 bits per heavy atom. The largest absolute Gasteiger partial charge is 0.463 e. The molecule has 2 aliphatic heterocycles. The zero-order chi connectivity index (χ0) is 29.4. The van der Waals surface area contributed by atoms with E-state index in [4.69, 9.17) is 4.74 Å². The van der Waals surface area contributed by atoms with Gasteiger partial charge in [-0.1, -0.05) is 87.5 Å². The number of aliphatic hydroxyl groups excluding tert-OH is 1. The molecule has 0 spiro atoms. The first kappa shape index (κ1) is 30.5. The van der Waals surface area contributed by atoms with Crippen molar-refractivity contribution in [1.82, 2.24) is 10.2 Å². The zero-order valence-corrected chi connectivity index (χ0v) is 24.6. The van der Waals surface area contributed by atoms with E-state index < -0.39 is 12.0 Å². The van der Waals surface area contributed by atoms with Gasteiger partial charge in [0.2, 0.25) is 11.8 Å². The molecule has 0 aromatic heterocycles. The third-order valence-corrected chi connectivity index (χ3v) is 8.36. The molecule has 7 heteroatoms. The summed E-state index contributed by atoms with van der Waals surface area (Å²) in [6.45, 7) is 6.38. The second-order valence-corrected chi connectivity index (χ2v) is 12.5. The molecule has 0 aliphatic carbocycles. The average Bonchev–Trinajstić information content (AvgIpc) is 2.97. The highest BCUT2D eigenvalue weighted by molar-refractivity contribution is 5.86. The Hall–Kier alpha value is -3.45. The molecule has 2 amide bonds. The van der Waals surface area contributed by atoms with Crippen LogP contribution in [-0.4, -0.2) is 53.1 Å². The van der Waals surface area contributed by atoms with E-state index in [-0.39, 0.29) is 54.8 Å². The quantitative estimate of drug-likeness (QED) is 0.411. The maximum Gasteiger partial charge on any atom is 0.309 e. The van der Waals surface area contributed by atoms with Crippen molar-refractivity contribution in [3.8, 4) is 0 Å². The number of allylic oxidation sites excluding steroid dienone is 2. The number of amides is 2. The standard InChI is InChI=1S/C34H44N2O5/c1-34(2,3)30-23-41-33(40)27(18-24-12-6-4-7-13-24)16-9-5-8-15-26(32(39)35-30)20-31(38)36-21-28-17-11-10-14-25(28)19-29(36)22-37/h4-8,10-14,17,26-27,29-30,37H,9,15-16,18-23H2,1-3H3,(H,35,39). The molecule has 2 aromatic carbocycles. The van der Waals surface area contributed by atoms with Crippen molar-refractivity contribution in [2.75, 3.05) is 13.2 Å². The van der Waals surface area contributed by atoms with Crippen LogP contribution in [0.4, 0.5) is 0 Å². The number of hydrogen-bond donors (Lipinski definition) is 2. The number of cyclic esters (lactones) is 1. The molecule has 220 valence electrons. The van der Waals surface area contributed by atoms with Crippen LogP contribution in [0.5, 0.6) is 0 Å². The van der Waals surface area contributed by atoms with Crippen LogP contribution in [0.1, 0.15) is 63.1 Å². The van der Waals surface area contributed by atoms with Gasteiger partial charge in [0.1, 0.15) is 6.61 Å². The number of fused-ring (bicyclic) bond motifs is 1. The molecular formula is C34H44N2O5. The first-order valence-electron chi connectivity index (χ1n) is 14.8. The lowest BCUT2D eigenvalue weighted by molar-refractivity contribution is -0.151. The van der Waals surface area contributed by atoms with Gasteiger partial charge in [-0.2, -0.15) is 0 Å². The van der Waals surface area contributed by atoms with Gasteiger partial charge in [-0.3, -0.25) is 14.4 Å². The molecule has 0 radical (unpaired) electrons. The summed E-state index contributed by atoms with van der Waals surface area (Å²) in [5.41, 5.74) is 2.94. The monoisotopic (exact) mass is 560 g/mol.